The number of hydrogen-bond donors (Lipinski definition) is 1. The molecule has 0 unspecified atom stereocenters. The van der Waals surface area contributed by atoms with E-state index in [9.17, 15) is 0 Å². The third-order valence-electron chi connectivity index (χ3n) is 2.78. The van der Waals surface area contributed by atoms with E-state index in [0.717, 1.165) is 22.2 Å². The molecule has 1 aromatic carbocycles. The van der Waals surface area contributed by atoms with Crippen molar-refractivity contribution in [2.45, 2.75) is 13.8 Å². The first kappa shape index (κ1) is 11.5. The zero-order valence-electron chi connectivity index (χ0n) is 10.5. The molecule has 0 aliphatic heterocycles. The van der Waals surface area contributed by atoms with E-state index in [1.54, 1.807) is 20.3 Å². The van der Waals surface area contributed by atoms with Gasteiger partial charge in [-0.25, -0.2) is 4.98 Å². The van der Waals surface area contributed by atoms with Gasteiger partial charge in [0.1, 0.15) is 11.3 Å². The van der Waals surface area contributed by atoms with E-state index < -0.39 is 0 Å². The minimum absolute atomic E-state index is 0.561. The minimum Gasteiger partial charge on any atom is -0.494 e. The summed E-state index contributed by atoms with van der Waals surface area (Å²) in [5.74, 6) is 1.33. The van der Waals surface area contributed by atoms with Crippen molar-refractivity contribution in [1.82, 2.24) is 4.98 Å². The Morgan fingerprint density at radius 3 is 2.41 bits per heavy atom. The Morgan fingerprint density at radius 2 is 1.82 bits per heavy atom. The molecule has 90 valence electrons. The summed E-state index contributed by atoms with van der Waals surface area (Å²) in [6, 6.07) is 3.75. The molecular formula is C13H16N2O2. The van der Waals surface area contributed by atoms with Gasteiger partial charge in [-0.1, -0.05) is 0 Å². The van der Waals surface area contributed by atoms with Crippen LogP contribution in [0.25, 0.3) is 10.9 Å². The molecule has 0 bridgehead atoms. The van der Waals surface area contributed by atoms with Crippen LogP contribution in [0.5, 0.6) is 11.5 Å². The standard InChI is InChI=1S/C13H16N2O2/c1-7-5-8(2)15-12-10(16-3)6-9(14)13(17-4)11(7)12/h5-6H,14H2,1-4H3. The molecule has 0 spiro atoms. The van der Waals surface area contributed by atoms with Crippen LogP contribution in [0.15, 0.2) is 12.1 Å². The Labute approximate surface area is 100 Å². The van der Waals surface area contributed by atoms with Crippen molar-refractivity contribution in [3.8, 4) is 11.5 Å². The number of anilines is 1. The van der Waals surface area contributed by atoms with Crippen molar-refractivity contribution < 1.29 is 9.47 Å². The Hall–Kier alpha value is -1.97. The highest BCUT2D eigenvalue weighted by molar-refractivity contribution is 5.97. The highest BCUT2D eigenvalue weighted by Crippen LogP contribution is 2.39. The number of pyridine rings is 1. The Kier molecular flexibility index (Phi) is 2.79. The molecule has 0 aliphatic carbocycles. The number of hydrogen-bond acceptors (Lipinski definition) is 4. The van der Waals surface area contributed by atoms with Crippen LogP contribution in [0, 0.1) is 13.8 Å². The first-order chi connectivity index (χ1) is 8.08. The zero-order chi connectivity index (χ0) is 12.6. The Morgan fingerprint density at radius 1 is 1.12 bits per heavy atom. The highest BCUT2D eigenvalue weighted by Gasteiger charge is 2.15. The third kappa shape index (κ3) is 1.75. The lowest BCUT2D eigenvalue weighted by atomic mass is 10.1. The van der Waals surface area contributed by atoms with Gasteiger partial charge in [0.05, 0.1) is 25.3 Å². The van der Waals surface area contributed by atoms with Crippen molar-refractivity contribution in [3.63, 3.8) is 0 Å². The fourth-order valence-electron chi connectivity index (χ4n) is 2.10. The van der Waals surface area contributed by atoms with Crippen LogP contribution in [0.3, 0.4) is 0 Å². The quantitative estimate of drug-likeness (QED) is 0.808. The number of aromatic nitrogens is 1. The van der Waals surface area contributed by atoms with Crippen LogP contribution in [0.1, 0.15) is 11.3 Å². The van der Waals surface area contributed by atoms with E-state index >= 15 is 0 Å². The number of nitrogens with zero attached hydrogens (tertiary/aromatic N) is 1. The van der Waals surface area contributed by atoms with Crippen LogP contribution >= 0.6 is 0 Å². The van der Waals surface area contributed by atoms with Gasteiger partial charge in [-0.15, -0.1) is 0 Å². The lowest BCUT2D eigenvalue weighted by molar-refractivity contribution is 0.411. The largest absolute Gasteiger partial charge is 0.494 e. The van der Waals surface area contributed by atoms with Gasteiger partial charge in [0.25, 0.3) is 0 Å². The highest BCUT2D eigenvalue weighted by atomic mass is 16.5. The van der Waals surface area contributed by atoms with Crippen molar-refractivity contribution in [1.29, 1.82) is 0 Å². The van der Waals surface area contributed by atoms with Gasteiger partial charge in [0, 0.05) is 11.8 Å². The predicted octanol–water partition coefficient (Wildman–Crippen LogP) is 2.45. The summed E-state index contributed by atoms with van der Waals surface area (Å²) in [5, 5.41) is 0.912. The second-order valence-corrected chi connectivity index (χ2v) is 4.01. The van der Waals surface area contributed by atoms with Crippen LogP contribution < -0.4 is 15.2 Å². The smallest absolute Gasteiger partial charge is 0.151 e. The fraction of sp³-hybridized carbons (Fsp3) is 0.308. The summed E-state index contributed by atoms with van der Waals surface area (Å²) in [4.78, 5) is 4.50. The average molecular weight is 232 g/mol. The van der Waals surface area contributed by atoms with Crippen molar-refractivity contribution in [2.24, 2.45) is 0 Å². The molecule has 0 saturated heterocycles. The molecule has 1 heterocycles. The van der Waals surface area contributed by atoms with Crippen LogP contribution in [-0.2, 0) is 0 Å². The molecule has 1 aromatic heterocycles. The number of fused-ring (bicyclic) bond motifs is 1. The van der Waals surface area contributed by atoms with Gasteiger partial charge in [-0.3, -0.25) is 0 Å². The maximum absolute atomic E-state index is 5.95. The summed E-state index contributed by atoms with van der Waals surface area (Å²) >= 11 is 0. The van der Waals surface area contributed by atoms with Gasteiger partial charge in [0.2, 0.25) is 0 Å². The maximum atomic E-state index is 5.95. The molecule has 0 aliphatic rings. The molecule has 2 aromatic rings. The number of methoxy groups -OCH3 is 2. The first-order valence-electron chi connectivity index (χ1n) is 5.37. The average Bonchev–Trinajstić information content (AvgIpc) is 2.28. The van der Waals surface area contributed by atoms with E-state index in [-0.39, 0.29) is 0 Å². The van der Waals surface area contributed by atoms with Gasteiger partial charge in [-0.05, 0) is 25.5 Å². The monoisotopic (exact) mass is 232 g/mol. The summed E-state index contributed by atoms with van der Waals surface area (Å²) in [5.41, 5.74) is 9.32. The molecule has 4 heteroatoms. The molecule has 0 radical (unpaired) electrons. The zero-order valence-corrected chi connectivity index (χ0v) is 10.5. The van der Waals surface area contributed by atoms with Crippen molar-refractivity contribution in [3.05, 3.63) is 23.4 Å². The van der Waals surface area contributed by atoms with Gasteiger partial charge >= 0.3 is 0 Å². The lowest BCUT2D eigenvalue weighted by Gasteiger charge is -2.14. The summed E-state index contributed by atoms with van der Waals surface area (Å²) in [7, 11) is 3.22. The molecule has 0 saturated carbocycles. The van der Waals surface area contributed by atoms with Crippen LogP contribution in [0.4, 0.5) is 5.69 Å². The van der Waals surface area contributed by atoms with E-state index in [4.69, 9.17) is 15.2 Å². The summed E-state index contributed by atoms with van der Waals surface area (Å²) < 4.78 is 10.7. The second-order valence-electron chi connectivity index (χ2n) is 4.01. The molecule has 0 fully saturated rings. The molecule has 0 atom stereocenters. The maximum Gasteiger partial charge on any atom is 0.151 e. The van der Waals surface area contributed by atoms with Gasteiger partial charge in [-0.2, -0.15) is 0 Å². The minimum atomic E-state index is 0.561. The Bertz CT molecular complexity index is 579. The number of benzene rings is 1. The first-order valence-corrected chi connectivity index (χ1v) is 5.37. The second kappa shape index (κ2) is 4.13. The molecule has 2 N–H and O–H groups in total. The number of rotatable bonds is 2. The van der Waals surface area contributed by atoms with E-state index in [1.165, 1.54) is 0 Å². The molecule has 4 nitrogen and oxygen atoms in total. The molecule has 17 heavy (non-hydrogen) atoms. The SMILES string of the molecule is COc1cc(N)c(OC)c2c(C)cc(C)nc12. The third-order valence-corrected chi connectivity index (χ3v) is 2.78. The normalized spacial score (nSPS) is 10.6. The lowest BCUT2D eigenvalue weighted by Crippen LogP contribution is -1.99. The molecular weight excluding hydrogens is 216 g/mol. The Balaban J connectivity index is 2.97. The topological polar surface area (TPSA) is 57.4 Å². The number of nitrogens with two attached hydrogens (primary N) is 1. The number of ether oxygens (including phenoxy) is 2. The summed E-state index contributed by atoms with van der Waals surface area (Å²) in [6.45, 7) is 3.97. The van der Waals surface area contributed by atoms with Crippen LogP contribution in [-0.4, -0.2) is 19.2 Å². The number of nitrogen functional groups attached to an aromatic ring is 1. The van der Waals surface area contributed by atoms with Gasteiger partial charge < -0.3 is 15.2 Å². The van der Waals surface area contributed by atoms with Gasteiger partial charge in [0.15, 0.2) is 5.75 Å². The van der Waals surface area contributed by atoms with Crippen LogP contribution in [0.2, 0.25) is 0 Å². The number of aryl methyl sites for hydroxylation is 2. The predicted molar refractivity (Wildman–Crippen MR) is 68.7 cm³/mol. The summed E-state index contributed by atoms with van der Waals surface area (Å²) in [6.07, 6.45) is 0. The molecule has 0 amide bonds. The molecule has 2 rings (SSSR count). The van der Waals surface area contributed by atoms with Crippen molar-refractivity contribution >= 4 is 16.6 Å². The van der Waals surface area contributed by atoms with Crippen molar-refractivity contribution in [2.75, 3.05) is 20.0 Å². The fourth-order valence-corrected chi connectivity index (χ4v) is 2.10. The van der Waals surface area contributed by atoms with E-state index in [2.05, 4.69) is 4.98 Å². The van der Waals surface area contributed by atoms with E-state index in [0.29, 0.717) is 17.2 Å². The van der Waals surface area contributed by atoms with E-state index in [1.807, 2.05) is 19.9 Å².